The Morgan fingerprint density at radius 3 is 2.50 bits per heavy atom. The van der Waals surface area contributed by atoms with Gasteiger partial charge in [-0.05, 0) is 11.6 Å². The minimum Gasteiger partial charge on any atom is -0.399 e. The summed E-state index contributed by atoms with van der Waals surface area (Å²) in [4.78, 5) is 1.47. The molecule has 0 unspecified atom stereocenters. The standard InChI is InChI=1S/C13H20N4O/c1-4-11(5-10(2)15)13(7-18-8-13)6-12(16)17(3)9-14/h4-5,9,14,16H,1-2,6-8,15H2,3H3/b11-5+,14-9?,16-12?. The predicted molar refractivity (Wildman–Crippen MR) is 73.7 cm³/mol. The lowest BCUT2D eigenvalue weighted by Crippen LogP contribution is -2.47. The molecule has 1 fully saturated rings. The monoisotopic (exact) mass is 248 g/mol. The molecule has 0 saturated carbocycles. The topological polar surface area (TPSA) is 86.2 Å². The van der Waals surface area contributed by atoms with Crippen molar-refractivity contribution in [2.24, 2.45) is 11.1 Å². The van der Waals surface area contributed by atoms with Gasteiger partial charge >= 0.3 is 0 Å². The summed E-state index contributed by atoms with van der Waals surface area (Å²) in [6.45, 7) is 8.51. The molecule has 0 radical (unpaired) electrons. The van der Waals surface area contributed by atoms with Gasteiger partial charge in [0.2, 0.25) is 0 Å². The van der Waals surface area contributed by atoms with Crippen LogP contribution in [-0.2, 0) is 4.74 Å². The maximum atomic E-state index is 7.94. The van der Waals surface area contributed by atoms with E-state index >= 15 is 0 Å². The second-order valence-corrected chi connectivity index (χ2v) is 4.52. The number of hydrogen-bond donors (Lipinski definition) is 3. The summed E-state index contributed by atoms with van der Waals surface area (Å²) in [5.41, 5.74) is 6.73. The highest BCUT2D eigenvalue weighted by molar-refractivity contribution is 5.89. The normalized spacial score (nSPS) is 17.5. The molecule has 0 atom stereocenters. The van der Waals surface area contributed by atoms with Crippen LogP contribution in [0.3, 0.4) is 0 Å². The van der Waals surface area contributed by atoms with E-state index in [1.165, 1.54) is 4.90 Å². The summed E-state index contributed by atoms with van der Waals surface area (Å²) in [5.74, 6) is 0.365. The molecule has 0 bridgehead atoms. The number of allylic oxidation sites excluding steroid dienone is 2. The van der Waals surface area contributed by atoms with Crippen molar-refractivity contribution < 1.29 is 4.74 Å². The highest BCUT2D eigenvalue weighted by atomic mass is 16.5. The molecule has 18 heavy (non-hydrogen) atoms. The molecule has 0 spiro atoms. The lowest BCUT2D eigenvalue weighted by molar-refractivity contribution is -0.0835. The fourth-order valence-electron chi connectivity index (χ4n) is 1.87. The molecule has 1 aliphatic heterocycles. The average molecular weight is 248 g/mol. The third kappa shape index (κ3) is 2.87. The van der Waals surface area contributed by atoms with Gasteiger partial charge in [-0.1, -0.05) is 19.2 Å². The van der Waals surface area contributed by atoms with Crippen LogP contribution in [0.25, 0.3) is 0 Å². The van der Waals surface area contributed by atoms with Crippen LogP contribution >= 0.6 is 0 Å². The van der Waals surface area contributed by atoms with Crippen molar-refractivity contribution in [3.05, 3.63) is 36.6 Å². The number of ether oxygens (including phenoxy) is 1. The summed E-state index contributed by atoms with van der Waals surface area (Å²) in [5, 5.41) is 15.1. The van der Waals surface area contributed by atoms with Crippen molar-refractivity contribution in [3.8, 4) is 0 Å². The van der Waals surface area contributed by atoms with E-state index < -0.39 is 0 Å². The van der Waals surface area contributed by atoms with Crippen LogP contribution in [0.2, 0.25) is 0 Å². The molecule has 1 aliphatic rings. The van der Waals surface area contributed by atoms with Crippen molar-refractivity contribution in [2.45, 2.75) is 6.42 Å². The number of rotatable bonds is 6. The van der Waals surface area contributed by atoms with Gasteiger partial charge < -0.3 is 15.4 Å². The molecule has 5 heteroatoms. The Morgan fingerprint density at radius 1 is 1.56 bits per heavy atom. The quantitative estimate of drug-likeness (QED) is 0.378. The highest BCUT2D eigenvalue weighted by Gasteiger charge is 2.42. The number of nitrogens with one attached hydrogen (secondary N) is 2. The zero-order valence-electron chi connectivity index (χ0n) is 10.7. The van der Waals surface area contributed by atoms with Crippen LogP contribution < -0.4 is 5.73 Å². The number of nitrogens with two attached hydrogens (primary N) is 1. The molecule has 5 nitrogen and oxygen atoms in total. The third-order valence-corrected chi connectivity index (χ3v) is 3.06. The number of hydrogen-bond acceptors (Lipinski definition) is 4. The van der Waals surface area contributed by atoms with Crippen molar-refractivity contribution in [2.75, 3.05) is 20.3 Å². The molecular weight excluding hydrogens is 228 g/mol. The van der Waals surface area contributed by atoms with Crippen LogP contribution in [0.4, 0.5) is 0 Å². The zero-order chi connectivity index (χ0) is 13.8. The molecular formula is C13H20N4O. The molecule has 0 amide bonds. The van der Waals surface area contributed by atoms with Gasteiger partial charge in [-0.3, -0.25) is 10.8 Å². The van der Waals surface area contributed by atoms with Gasteiger partial charge in [-0.25, -0.2) is 0 Å². The smallest absolute Gasteiger partial charge is 0.102 e. The first-order valence-corrected chi connectivity index (χ1v) is 5.63. The fraction of sp³-hybridized carbons (Fsp3) is 0.385. The second kappa shape index (κ2) is 5.64. The van der Waals surface area contributed by atoms with E-state index in [2.05, 4.69) is 13.2 Å². The second-order valence-electron chi connectivity index (χ2n) is 4.52. The fourth-order valence-corrected chi connectivity index (χ4v) is 1.87. The van der Waals surface area contributed by atoms with Crippen molar-refractivity contribution in [1.82, 2.24) is 4.90 Å². The number of amidine groups is 1. The highest BCUT2D eigenvalue weighted by Crippen LogP contribution is 2.40. The first kappa shape index (κ1) is 14.2. The van der Waals surface area contributed by atoms with Gasteiger partial charge in [0.05, 0.1) is 19.6 Å². The summed E-state index contributed by atoms with van der Waals surface area (Å²) >= 11 is 0. The predicted octanol–water partition coefficient (Wildman–Crippen LogP) is 1.49. The maximum Gasteiger partial charge on any atom is 0.102 e. The first-order chi connectivity index (χ1) is 8.45. The summed E-state index contributed by atoms with van der Waals surface area (Å²) in [6, 6.07) is 0. The lowest BCUT2D eigenvalue weighted by Gasteiger charge is -2.43. The largest absolute Gasteiger partial charge is 0.399 e. The van der Waals surface area contributed by atoms with Gasteiger partial charge in [-0.15, -0.1) is 0 Å². The van der Waals surface area contributed by atoms with E-state index in [9.17, 15) is 0 Å². The van der Waals surface area contributed by atoms with Gasteiger partial charge in [0.25, 0.3) is 0 Å². The molecule has 98 valence electrons. The van der Waals surface area contributed by atoms with Gasteiger partial charge in [0, 0.05) is 24.6 Å². The van der Waals surface area contributed by atoms with Gasteiger partial charge in [0.15, 0.2) is 0 Å². The van der Waals surface area contributed by atoms with Crippen LogP contribution in [0.1, 0.15) is 6.42 Å². The van der Waals surface area contributed by atoms with Crippen LogP contribution in [0.5, 0.6) is 0 Å². The molecule has 0 aromatic carbocycles. The van der Waals surface area contributed by atoms with Gasteiger partial charge in [0.1, 0.15) is 5.84 Å². The van der Waals surface area contributed by atoms with Crippen molar-refractivity contribution in [3.63, 3.8) is 0 Å². The Bertz CT molecular complexity index is 407. The summed E-state index contributed by atoms with van der Waals surface area (Å²) in [6.07, 6.45) is 5.12. The Hall–Kier alpha value is -1.88. The minimum absolute atomic E-state index is 0.265. The van der Waals surface area contributed by atoms with E-state index in [0.717, 1.165) is 11.9 Å². The lowest BCUT2D eigenvalue weighted by atomic mass is 9.74. The molecule has 4 N–H and O–H groups in total. The van der Waals surface area contributed by atoms with Gasteiger partial charge in [-0.2, -0.15) is 0 Å². The van der Waals surface area contributed by atoms with E-state index in [1.807, 2.05) is 0 Å². The Kier molecular flexibility index (Phi) is 4.44. The SMILES string of the molecule is C=C/C(=C\C(=C)N)C1(CC(=N)N(C)C=N)COC1. The van der Waals surface area contributed by atoms with E-state index in [0.29, 0.717) is 31.2 Å². The van der Waals surface area contributed by atoms with E-state index in [1.54, 1.807) is 19.2 Å². The Morgan fingerprint density at radius 2 is 2.17 bits per heavy atom. The van der Waals surface area contributed by atoms with Crippen molar-refractivity contribution in [1.29, 1.82) is 10.8 Å². The van der Waals surface area contributed by atoms with Crippen LogP contribution in [0.15, 0.2) is 36.6 Å². The molecule has 1 rings (SSSR count). The minimum atomic E-state index is -0.265. The third-order valence-electron chi connectivity index (χ3n) is 3.06. The summed E-state index contributed by atoms with van der Waals surface area (Å²) < 4.78 is 5.29. The molecule has 0 aromatic rings. The van der Waals surface area contributed by atoms with E-state index in [-0.39, 0.29) is 5.41 Å². The number of nitrogens with zero attached hydrogens (tertiary/aromatic N) is 1. The zero-order valence-corrected chi connectivity index (χ0v) is 10.7. The molecule has 0 aromatic heterocycles. The Labute approximate surface area is 108 Å². The first-order valence-electron chi connectivity index (χ1n) is 5.63. The van der Waals surface area contributed by atoms with E-state index in [4.69, 9.17) is 21.3 Å². The van der Waals surface area contributed by atoms with Crippen LogP contribution in [-0.4, -0.2) is 37.3 Å². The van der Waals surface area contributed by atoms with Crippen LogP contribution in [0, 0.1) is 16.2 Å². The summed E-state index contributed by atoms with van der Waals surface area (Å²) in [7, 11) is 1.68. The van der Waals surface area contributed by atoms with Crippen molar-refractivity contribution >= 4 is 12.2 Å². The average Bonchev–Trinajstić information content (AvgIpc) is 2.29. The molecule has 1 saturated heterocycles. The molecule has 0 aliphatic carbocycles. The maximum absolute atomic E-state index is 7.94. The Balaban J connectivity index is 2.92. The molecule has 1 heterocycles.